The van der Waals surface area contributed by atoms with E-state index in [0.29, 0.717) is 27.3 Å². The molecule has 2 N–H and O–H groups in total. The third-order valence-corrected chi connectivity index (χ3v) is 9.24. The van der Waals surface area contributed by atoms with Crippen LogP contribution in [0.4, 0.5) is 5.00 Å². The summed E-state index contributed by atoms with van der Waals surface area (Å²) < 4.78 is 12.7. The quantitative estimate of drug-likeness (QED) is 0.156. The van der Waals surface area contributed by atoms with Crippen LogP contribution in [0.25, 0.3) is 5.69 Å². The molecule has 2 heterocycles. The Hall–Kier alpha value is -4.16. The summed E-state index contributed by atoms with van der Waals surface area (Å²) in [5, 5.41) is 15.6. The second-order valence-corrected chi connectivity index (χ2v) is 12.4. The number of rotatable bonds is 12. The molecule has 4 aromatic rings. The number of fused-ring (bicyclic) bond motifs is 1. The monoisotopic (exact) mass is 633 g/mol. The van der Waals surface area contributed by atoms with Gasteiger partial charge in [0.15, 0.2) is 17.6 Å². The highest BCUT2D eigenvalue weighted by molar-refractivity contribution is 7.99. The van der Waals surface area contributed by atoms with Crippen molar-refractivity contribution in [3.8, 4) is 11.4 Å². The maximum atomic E-state index is 13.2. The van der Waals surface area contributed by atoms with Crippen LogP contribution in [0.2, 0.25) is 0 Å². The Morgan fingerprint density at radius 3 is 2.61 bits per heavy atom. The second kappa shape index (κ2) is 14.5. The van der Waals surface area contributed by atoms with Crippen LogP contribution in [0.1, 0.15) is 57.5 Å². The minimum absolute atomic E-state index is 0.0467. The van der Waals surface area contributed by atoms with Gasteiger partial charge in [-0.25, -0.2) is 4.79 Å². The standard InChI is InChI=1S/C32H35N5O5S2/c1-4-41-31(40)29-23-12-8-9-13-25(23)44-30(29)34-28(39)19-43-32-36-35-26(37(32)24-16-20(2)14-15-21(24)3)17-33-27(38)18-42-22-10-6-5-7-11-22/h5-7,10-11,14-16H,4,8-9,12-13,17-19H2,1-3H3,(H,33,38)(H,34,39). The summed E-state index contributed by atoms with van der Waals surface area (Å²) in [5.74, 6) is 0.216. The van der Waals surface area contributed by atoms with E-state index in [0.717, 1.165) is 52.9 Å². The predicted octanol–water partition coefficient (Wildman–Crippen LogP) is 5.43. The lowest BCUT2D eigenvalue weighted by molar-refractivity contribution is -0.123. The molecule has 2 aromatic carbocycles. The normalized spacial score (nSPS) is 12.3. The summed E-state index contributed by atoms with van der Waals surface area (Å²) in [4.78, 5) is 39.7. The molecular formula is C32H35N5O5S2. The van der Waals surface area contributed by atoms with Crippen molar-refractivity contribution in [3.05, 3.63) is 81.5 Å². The van der Waals surface area contributed by atoms with E-state index in [2.05, 4.69) is 20.8 Å². The van der Waals surface area contributed by atoms with E-state index in [1.807, 2.05) is 54.8 Å². The topological polar surface area (TPSA) is 124 Å². The molecule has 5 rings (SSSR count). The summed E-state index contributed by atoms with van der Waals surface area (Å²) in [7, 11) is 0. The Bertz CT molecular complexity index is 1650. The highest BCUT2D eigenvalue weighted by atomic mass is 32.2. The van der Waals surface area contributed by atoms with E-state index in [4.69, 9.17) is 9.47 Å². The van der Waals surface area contributed by atoms with E-state index in [1.165, 1.54) is 23.1 Å². The number of thioether (sulfide) groups is 1. The van der Waals surface area contributed by atoms with Crippen LogP contribution in [0.3, 0.4) is 0 Å². The number of hydrogen-bond donors (Lipinski definition) is 2. The van der Waals surface area contributed by atoms with Crippen molar-refractivity contribution in [1.82, 2.24) is 20.1 Å². The molecule has 0 aliphatic heterocycles. The number of carbonyl (C=O) groups excluding carboxylic acids is 3. The molecule has 0 atom stereocenters. The summed E-state index contributed by atoms with van der Waals surface area (Å²) in [6, 6.07) is 15.2. The largest absolute Gasteiger partial charge is 0.484 e. The fourth-order valence-electron chi connectivity index (χ4n) is 4.97. The first-order valence-electron chi connectivity index (χ1n) is 14.5. The number of amides is 2. The van der Waals surface area contributed by atoms with Gasteiger partial charge in [0.05, 0.1) is 30.2 Å². The maximum absolute atomic E-state index is 13.2. The number of hydrogen-bond acceptors (Lipinski definition) is 9. The van der Waals surface area contributed by atoms with Crippen molar-refractivity contribution in [2.45, 2.75) is 58.2 Å². The average molecular weight is 634 g/mol. The molecule has 0 bridgehead atoms. The van der Waals surface area contributed by atoms with E-state index in [1.54, 1.807) is 19.1 Å². The SMILES string of the molecule is CCOC(=O)c1c(NC(=O)CSc2nnc(CNC(=O)COc3ccccc3)n2-c2cc(C)ccc2C)sc2c1CCCC2. The Balaban J connectivity index is 1.31. The molecule has 44 heavy (non-hydrogen) atoms. The molecule has 10 nitrogen and oxygen atoms in total. The van der Waals surface area contributed by atoms with Gasteiger partial charge in [-0.3, -0.25) is 14.2 Å². The number of para-hydroxylation sites is 1. The zero-order valence-electron chi connectivity index (χ0n) is 25.0. The first kappa shape index (κ1) is 31.3. The first-order chi connectivity index (χ1) is 21.3. The molecule has 2 aromatic heterocycles. The Kier molecular flexibility index (Phi) is 10.3. The number of thiophene rings is 1. The fraction of sp³-hybridized carbons (Fsp3) is 0.344. The van der Waals surface area contributed by atoms with E-state index >= 15 is 0 Å². The van der Waals surface area contributed by atoms with Crippen molar-refractivity contribution in [2.75, 3.05) is 24.3 Å². The summed E-state index contributed by atoms with van der Waals surface area (Å²) >= 11 is 2.69. The zero-order chi connectivity index (χ0) is 31.1. The van der Waals surface area contributed by atoms with Gasteiger partial charge in [0.2, 0.25) is 5.91 Å². The molecule has 230 valence electrons. The number of anilines is 1. The molecule has 0 radical (unpaired) electrons. The van der Waals surface area contributed by atoms with Crippen molar-refractivity contribution in [2.24, 2.45) is 0 Å². The molecule has 0 saturated carbocycles. The third-order valence-electron chi connectivity index (χ3n) is 7.10. The van der Waals surface area contributed by atoms with Gasteiger partial charge in [0.25, 0.3) is 5.91 Å². The Morgan fingerprint density at radius 1 is 1.02 bits per heavy atom. The predicted molar refractivity (Wildman–Crippen MR) is 171 cm³/mol. The molecule has 0 saturated heterocycles. The molecular weight excluding hydrogens is 599 g/mol. The van der Waals surface area contributed by atoms with Crippen molar-refractivity contribution in [1.29, 1.82) is 0 Å². The minimum Gasteiger partial charge on any atom is -0.484 e. The highest BCUT2D eigenvalue weighted by Crippen LogP contribution is 2.39. The third kappa shape index (κ3) is 7.48. The molecule has 0 spiro atoms. The molecule has 0 fully saturated rings. The first-order valence-corrected chi connectivity index (χ1v) is 16.3. The summed E-state index contributed by atoms with van der Waals surface area (Å²) in [6.07, 6.45) is 3.78. The maximum Gasteiger partial charge on any atom is 0.341 e. The van der Waals surface area contributed by atoms with Gasteiger partial charge in [-0.05, 0) is 81.3 Å². The molecule has 12 heteroatoms. The number of aromatic nitrogens is 3. The summed E-state index contributed by atoms with van der Waals surface area (Å²) in [6.45, 7) is 6.01. The van der Waals surface area contributed by atoms with Gasteiger partial charge in [0.1, 0.15) is 10.8 Å². The van der Waals surface area contributed by atoms with E-state index in [-0.39, 0.29) is 37.3 Å². The molecule has 1 aliphatic rings. The van der Waals surface area contributed by atoms with Crippen LogP contribution >= 0.6 is 23.1 Å². The minimum atomic E-state index is -0.398. The van der Waals surface area contributed by atoms with Gasteiger partial charge in [0, 0.05) is 4.88 Å². The number of aryl methyl sites for hydroxylation is 3. The number of benzene rings is 2. The van der Waals surface area contributed by atoms with Crippen LogP contribution in [0.5, 0.6) is 5.75 Å². The van der Waals surface area contributed by atoms with Crippen LogP contribution in [0.15, 0.2) is 53.7 Å². The number of ether oxygens (including phenoxy) is 2. The summed E-state index contributed by atoms with van der Waals surface area (Å²) in [5.41, 5.74) is 4.38. The molecule has 0 unspecified atom stereocenters. The van der Waals surface area contributed by atoms with Crippen molar-refractivity contribution in [3.63, 3.8) is 0 Å². The highest BCUT2D eigenvalue weighted by Gasteiger charge is 2.27. The van der Waals surface area contributed by atoms with Crippen LogP contribution in [-0.2, 0) is 33.7 Å². The molecule has 1 aliphatic carbocycles. The van der Waals surface area contributed by atoms with E-state index in [9.17, 15) is 14.4 Å². The zero-order valence-corrected chi connectivity index (χ0v) is 26.6. The smallest absolute Gasteiger partial charge is 0.341 e. The van der Waals surface area contributed by atoms with Crippen molar-refractivity contribution >= 4 is 45.9 Å². The number of esters is 1. The van der Waals surface area contributed by atoms with Gasteiger partial charge < -0.3 is 20.1 Å². The van der Waals surface area contributed by atoms with Crippen molar-refractivity contribution < 1.29 is 23.9 Å². The van der Waals surface area contributed by atoms with Gasteiger partial charge in [-0.15, -0.1) is 21.5 Å². The van der Waals surface area contributed by atoms with Crippen LogP contribution in [-0.4, -0.2) is 51.5 Å². The molecule has 2 amide bonds. The van der Waals surface area contributed by atoms with E-state index < -0.39 is 5.97 Å². The average Bonchev–Trinajstić information content (AvgIpc) is 3.60. The van der Waals surface area contributed by atoms with Gasteiger partial charge in [-0.2, -0.15) is 0 Å². The Morgan fingerprint density at radius 2 is 1.82 bits per heavy atom. The van der Waals surface area contributed by atoms with Crippen LogP contribution in [0, 0.1) is 13.8 Å². The van der Waals surface area contributed by atoms with Gasteiger partial charge >= 0.3 is 5.97 Å². The number of nitrogens with one attached hydrogen (secondary N) is 2. The Labute approximate surface area is 264 Å². The second-order valence-electron chi connectivity index (χ2n) is 10.4. The number of carbonyl (C=O) groups is 3. The van der Waals surface area contributed by atoms with Gasteiger partial charge in [-0.1, -0.05) is 42.1 Å². The lowest BCUT2D eigenvalue weighted by atomic mass is 9.95. The van der Waals surface area contributed by atoms with Crippen LogP contribution < -0.4 is 15.4 Å². The fourth-order valence-corrected chi connectivity index (χ4v) is 7.03. The lowest BCUT2D eigenvalue weighted by Crippen LogP contribution is -2.29. The number of nitrogens with zero attached hydrogens (tertiary/aromatic N) is 3. The lowest BCUT2D eigenvalue weighted by Gasteiger charge is -2.14.